The summed E-state index contributed by atoms with van der Waals surface area (Å²) >= 11 is 0. The maximum Gasteiger partial charge on any atom is 0.240 e. The van der Waals surface area contributed by atoms with Crippen molar-refractivity contribution in [3.05, 3.63) is 65.7 Å². The van der Waals surface area contributed by atoms with Gasteiger partial charge in [0, 0.05) is 18.8 Å². The highest BCUT2D eigenvalue weighted by atomic mass is 16.2. The topological polar surface area (TPSA) is 49.4 Å². The van der Waals surface area contributed by atoms with Crippen LogP contribution in [0.25, 0.3) is 0 Å². The smallest absolute Gasteiger partial charge is 0.240 e. The van der Waals surface area contributed by atoms with Crippen LogP contribution in [0.4, 0.5) is 5.69 Å². The van der Waals surface area contributed by atoms with E-state index in [9.17, 15) is 9.59 Å². The Kier molecular flexibility index (Phi) is 5.64. The molecule has 1 fully saturated rings. The lowest BCUT2D eigenvalue weighted by molar-refractivity contribution is -0.142. The second-order valence-electron chi connectivity index (χ2n) is 7.62. The molecule has 0 bridgehead atoms. The minimum Gasteiger partial charge on any atom is -0.338 e. The molecule has 0 heterocycles. The van der Waals surface area contributed by atoms with Crippen molar-refractivity contribution in [1.82, 2.24) is 4.90 Å². The van der Waals surface area contributed by atoms with Gasteiger partial charge in [-0.2, -0.15) is 0 Å². The van der Waals surface area contributed by atoms with Gasteiger partial charge in [0.15, 0.2) is 0 Å². The van der Waals surface area contributed by atoms with Crippen LogP contribution in [0.15, 0.2) is 54.6 Å². The highest BCUT2D eigenvalue weighted by molar-refractivity contribution is 6.13. The average Bonchev–Trinajstić information content (AvgIpc) is 3.49. The Morgan fingerprint density at radius 1 is 1.04 bits per heavy atom. The minimum atomic E-state index is -0.901. The molecule has 3 rings (SSSR count). The van der Waals surface area contributed by atoms with Gasteiger partial charge in [-0.1, -0.05) is 56.3 Å². The van der Waals surface area contributed by atoms with Gasteiger partial charge in [0.2, 0.25) is 11.8 Å². The lowest BCUT2D eigenvalue weighted by Gasteiger charge is -2.26. The summed E-state index contributed by atoms with van der Waals surface area (Å²) in [7, 11) is 0. The van der Waals surface area contributed by atoms with Crippen molar-refractivity contribution in [2.75, 3.05) is 11.9 Å². The van der Waals surface area contributed by atoms with E-state index in [0.29, 0.717) is 31.8 Å². The van der Waals surface area contributed by atoms with Gasteiger partial charge in [-0.3, -0.25) is 9.59 Å². The summed E-state index contributed by atoms with van der Waals surface area (Å²) in [6.45, 7) is 7.36. The van der Waals surface area contributed by atoms with Crippen LogP contribution >= 0.6 is 0 Å². The van der Waals surface area contributed by atoms with E-state index in [-0.39, 0.29) is 11.8 Å². The quantitative estimate of drug-likeness (QED) is 0.731. The zero-order chi connectivity index (χ0) is 19.4. The summed E-state index contributed by atoms with van der Waals surface area (Å²) in [5.41, 5.74) is 2.15. The van der Waals surface area contributed by atoms with Crippen LogP contribution in [0.3, 0.4) is 0 Å². The van der Waals surface area contributed by atoms with Gasteiger partial charge in [-0.05, 0) is 48.9 Å². The van der Waals surface area contributed by atoms with Gasteiger partial charge in [-0.15, -0.1) is 0 Å². The zero-order valence-corrected chi connectivity index (χ0v) is 16.4. The first kappa shape index (κ1) is 19.2. The molecule has 2 amide bonds. The number of carbonyl (C=O) groups is 2. The largest absolute Gasteiger partial charge is 0.338 e. The normalized spacial score (nSPS) is 14.7. The number of hydrogen-bond acceptors (Lipinski definition) is 2. The molecular weight excluding hydrogens is 336 g/mol. The van der Waals surface area contributed by atoms with Gasteiger partial charge in [0.1, 0.15) is 5.41 Å². The molecule has 0 aliphatic heterocycles. The van der Waals surface area contributed by atoms with Crippen LogP contribution in [0.1, 0.15) is 50.7 Å². The fourth-order valence-corrected chi connectivity index (χ4v) is 3.30. The van der Waals surface area contributed by atoms with Crippen LogP contribution in [-0.4, -0.2) is 23.3 Å². The fraction of sp³-hybridized carbons (Fsp3) is 0.391. The lowest BCUT2D eigenvalue weighted by atomic mass is 10.0. The summed E-state index contributed by atoms with van der Waals surface area (Å²) in [5, 5.41) is 2.95. The van der Waals surface area contributed by atoms with Crippen molar-refractivity contribution in [3.8, 4) is 0 Å². The number of rotatable bonds is 7. The maximum absolute atomic E-state index is 13.1. The first-order valence-electron chi connectivity index (χ1n) is 9.71. The van der Waals surface area contributed by atoms with E-state index < -0.39 is 5.41 Å². The molecule has 0 unspecified atom stereocenters. The molecule has 0 saturated heterocycles. The standard InChI is InChI=1S/C23H28N2O2/c1-4-25(16-18-8-6-5-7-9-18)22(27)23(14-15-23)21(26)24-20-12-10-19(11-13-20)17(2)3/h5-13,17H,4,14-16H2,1-3H3,(H,24,26). The average molecular weight is 364 g/mol. The monoisotopic (exact) mass is 364 g/mol. The third kappa shape index (κ3) is 4.21. The predicted molar refractivity (Wildman–Crippen MR) is 108 cm³/mol. The molecule has 0 atom stereocenters. The van der Waals surface area contributed by atoms with Gasteiger partial charge < -0.3 is 10.2 Å². The third-order valence-corrected chi connectivity index (χ3v) is 5.31. The Hall–Kier alpha value is -2.62. The second-order valence-corrected chi connectivity index (χ2v) is 7.62. The lowest BCUT2D eigenvalue weighted by Crippen LogP contribution is -2.42. The van der Waals surface area contributed by atoms with Crippen molar-refractivity contribution in [2.24, 2.45) is 5.41 Å². The van der Waals surface area contributed by atoms with E-state index in [4.69, 9.17) is 0 Å². The third-order valence-electron chi connectivity index (χ3n) is 5.31. The van der Waals surface area contributed by atoms with Crippen molar-refractivity contribution in [2.45, 2.75) is 46.1 Å². The minimum absolute atomic E-state index is 0.0647. The summed E-state index contributed by atoms with van der Waals surface area (Å²) in [6.07, 6.45) is 1.24. The molecule has 1 saturated carbocycles. The molecule has 1 aliphatic carbocycles. The first-order chi connectivity index (χ1) is 13.0. The molecule has 0 aromatic heterocycles. The Balaban J connectivity index is 1.69. The van der Waals surface area contributed by atoms with Gasteiger partial charge >= 0.3 is 0 Å². The molecule has 1 N–H and O–H groups in total. The Morgan fingerprint density at radius 3 is 2.19 bits per heavy atom. The van der Waals surface area contributed by atoms with E-state index in [1.165, 1.54) is 5.56 Å². The number of hydrogen-bond donors (Lipinski definition) is 1. The molecule has 4 heteroatoms. The predicted octanol–water partition coefficient (Wildman–Crippen LogP) is 4.58. The molecule has 2 aromatic carbocycles. The molecule has 0 radical (unpaired) electrons. The van der Waals surface area contributed by atoms with Crippen LogP contribution in [0, 0.1) is 5.41 Å². The van der Waals surface area contributed by atoms with Crippen LogP contribution in [-0.2, 0) is 16.1 Å². The van der Waals surface area contributed by atoms with Crippen molar-refractivity contribution < 1.29 is 9.59 Å². The molecule has 0 spiro atoms. The number of benzene rings is 2. The van der Waals surface area contributed by atoms with Crippen LogP contribution in [0.2, 0.25) is 0 Å². The van der Waals surface area contributed by atoms with E-state index in [1.807, 2.05) is 61.5 Å². The second kappa shape index (κ2) is 7.95. The van der Waals surface area contributed by atoms with Crippen molar-refractivity contribution in [1.29, 1.82) is 0 Å². The Bertz CT molecular complexity index is 793. The maximum atomic E-state index is 13.1. The number of amides is 2. The summed E-state index contributed by atoms with van der Waals surface area (Å²) in [5.74, 6) is 0.198. The van der Waals surface area contributed by atoms with Gasteiger partial charge in [0.25, 0.3) is 0 Å². The molecule has 142 valence electrons. The van der Waals surface area contributed by atoms with E-state index in [1.54, 1.807) is 4.90 Å². The summed E-state index contributed by atoms with van der Waals surface area (Å²) < 4.78 is 0. The Morgan fingerprint density at radius 2 is 1.67 bits per heavy atom. The molecule has 27 heavy (non-hydrogen) atoms. The van der Waals surface area contributed by atoms with Crippen LogP contribution < -0.4 is 5.32 Å². The Labute approximate surface area is 161 Å². The molecule has 4 nitrogen and oxygen atoms in total. The highest BCUT2D eigenvalue weighted by Crippen LogP contribution is 2.48. The van der Waals surface area contributed by atoms with Crippen molar-refractivity contribution in [3.63, 3.8) is 0 Å². The van der Waals surface area contributed by atoms with Gasteiger partial charge in [-0.25, -0.2) is 0 Å². The SMILES string of the molecule is CCN(Cc1ccccc1)C(=O)C1(C(=O)Nc2ccc(C(C)C)cc2)CC1. The number of carbonyl (C=O) groups excluding carboxylic acids is 2. The first-order valence-corrected chi connectivity index (χ1v) is 9.71. The molecular formula is C23H28N2O2. The number of nitrogens with one attached hydrogen (secondary N) is 1. The summed E-state index contributed by atoms with van der Waals surface area (Å²) in [4.78, 5) is 27.8. The fourth-order valence-electron chi connectivity index (χ4n) is 3.30. The molecule has 1 aliphatic rings. The number of anilines is 1. The van der Waals surface area contributed by atoms with E-state index in [2.05, 4.69) is 19.2 Å². The number of nitrogens with zero attached hydrogens (tertiary/aromatic N) is 1. The zero-order valence-electron chi connectivity index (χ0n) is 16.4. The van der Waals surface area contributed by atoms with Gasteiger partial charge in [0.05, 0.1) is 0 Å². The summed E-state index contributed by atoms with van der Waals surface area (Å²) in [6, 6.07) is 17.8. The van der Waals surface area contributed by atoms with E-state index >= 15 is 0 Å². The highest BCUT2D eigenvalue weighted by Gasteiger charge is 2.57. The van der Waals surface area contributed by atoms with Crippen LogP contribution in [0.5, 0.6) is 0 Å². The van der Waals surface area contributed by atoms with Crippen molar-refractivity contribution >= 4 is 17.5 Å². The molecule has 2 aromatic rings. The van der Waals surface area contributed by atoms with E-state index in [0.717, 1.165) is 11.3 Å².